The maximum absolute atomic E-state index is 12.7. The highest BCUT2D eigenvalue weighted by Gasteiger charge is 2.43. The van der Waals surface area contributed by atoms with E-state index in [2.05, 4.69) is 25.7 Å². The van der Waals surface area contributed by atoms with Crippen LogP contribution in [0.2, 0.25) is 0 Å². The monoisotopic (exact) mass is 328 g/mol. The molecule has 22 heavy (non-hydrogen) atoms. The first kappa shape index (κ1) is 18.1. The first-order valence-corrected chi connectivity index (χ1v) is 8.87. The summed E-state index contributed by atoms with van der Waals surface area (Å²) in [7, 11) is 0. The summed E-state index contributed by atoms with van der Waals surface area (Å²) in [5.41, 5.74) is 6.59. The molecule has 3 rings (SSSR count). The predicted octanol–water partition coefficient (Wildman–Crippen LogP) is 3.46. The molecule has 1 heterocycles. The summed E-state index contributed by atoms with van der Waals surface area (Å²) in [5.74, 6) is 3.01. The molecule has 0 aromatic carbocycles. The number of rotatable bonds is 2. The number of nitrogens with two attached hydrogens (primary N) is 1. The van der Waals surface area contributed by atoms with E-state index in [-0.39, 0.29) is 12.4 Å². The summed E-state index contributed by atoms with van der Waals surface area (Å²) >= 11 is 0. The Morgan fingerprint density at radius 3 is 2.59 bits per heavy atom. The van der Waals surface area contributed by atoms with E-state index in [1.807, 2.05) is 0 Å². The number of carbonyl (C=O) groups excluding carboxylic acids is 1. The van der Waals surface area contributed by atoms with Crippen LogP contribution in [0, 0.1) is 29.1 Å². The summed E-state index contributed by atoms with van der Waals surface area (Å²) in [6.07, 6.45) is 6.90. The number of nitrogens with zero attached hydrogens (tertiary/aromatic N) is 1. The minimum absolute atomic E-state index is 0. The second-order valence-electron chi connectivity index (χ2n) is 8.95. The largest absolute Gasteiger partial charge is 0.342 e. The molecule has 2 saturated carbocycles. The van der Waals surface area contributed by atoms with Crippen molar-refractivity contribution in [1.29, 1.82) is 0 Å². The van der Waals surface area contributed by atoms with Crippen molar-refractivity contribution in [3.05, 3.63) is 0 Å². The SMILES string of the molecule is CC1CC(CC(=O)N2CC3CCC(N)C3C2)CC(C)(C)C1.Cl. The highest BCUT2D eigenvalue weighted by atomic mass is 35.5. The van der Waals surface area contributed by atoms with Crippen LogP contribution in [-0.4, -0.2) is 29.9 Å². The second kappa shape index (κ2) is 6.68. The molecule has 3 fully saturated rings. The zero-order valence-corrected chi connectivity index (χ0v) is 15.2. The van der Waals surface area contributed by atoms with E-state index in [0.29, 0.717) is 35.1 Å². The van der Waals surface area contributed by atoms with E-state index < -0.39 is 0 Å². The van der Waals surface area contributed by atoms with Gasteiger partial charge in [-0.1, -0.05) is 20.8 Å². The van der Waals surface area contributed by atoms with Crippen LogP contribution in [0.15, 0.2) is 0 Å². The first-order chi connectivity index (χ1) is 9.84. The van der Waals surface area contributed by atoms with Gasteiger partial charge in [0.25, 0.3) is 0 Å². The number of amides is 1. The van der Waals surface area contributed by atoms with Crippen molar-refractivity contribution in [3.8, 4) is 0 Å². The average Bonchev–Trinajstić information content (AvgIpc) is 2.89. The fourth-order valence-electron chi connectivity index (χ4n) is 5.59. The van der Waals surface area contributed by atoms with Crippen LogP contribution in [-0.2, 0) is 4.79 Å². The fraction of sp³-hybridized carbons (Fsp3) is 0.944. The Hall–Kier alpha value is -0.280. The number of halogens is 1. The molecule has 0 bridgehead atoms. The first-order valence-electron chi connectivity index (χ1n) is 8.87. The van der Waals surface area contributed by atoms with E-state index >= 15 is 0 Å². The molecule has 0 radical (unpaired) electrons. The van der Waals surface area contributed by atoms with Crippen LogP contribution in [0.5, 0.6) is 0 Å². The summed E-state index contributed by atoms with van der Waals surface area (Å²) in [5, 5.41) is 0. The summed E-state index contributed by atoms with van der Waals surface area (Å²) in [6.45, 7) is 8.97. The van der Waals surface area contributed by atoms with Crippen LogP contribution in [0.1, 0.15) is 59.3 Å². The standard InChI is InChI=1S/C18H32N2O.ClH/c1-12-6-13(9-18(2,3)8-12)7-17(21)20-10-14-4-5-16(19)15(14)11-20;/h12-16H,4-11,19H2,1-3H3;1H. The van der Waals surface area contributed by atoms with Gasteiger partial charge in [-0.3, -0.25) is 4.79 Å². The summed E-state index contributed by atoms with van der Waals surface area (Å²) in [4.78, 5) is 14.8. The third-order valence-electron chi connectivity index (χ3n) is 6.21. The molecular weight excluding hydrogens is 296 g/mol. The normalized spacial score (nSPS) is 40.2. The van der Waals surface area contributed by atoms with Gasteiger partial charge >= 0.3 is 0 Å². The van der Waals surface area contributed by atoms with Crippen molar-refractivity contribution in [3.63, 3.8) is 0 Å². The Morgan fingerprint density at radius 1 is 1.23 bits per heavy atom. The van der Waals surface area contributed by atoms with Crippen molar-refractivity contribution >= 4 is 18.3 Å². The third-order valence-corrected chi connectivity index (χ3v) is 6.21. The van der Waals surface area contributed by atoms with Gasteiger partial charge in [0.1, 0.15) is 0 Å². The lowest BCUT2D eigenvalue weighted by atomic mass is 9.67. The topological polar surface area (TPSA) is 46.3 Å². The minimum atomic E-state index is 0. The summed E-state index contributed by atoms with van der Waals surface area (Å²) < 4.78 is 0. The van der Waals surface area contributed by atoms with Crippen molar-refractivity contribution in [1.82, 2.24) is 4.90 Å². The Kier molecular flexibility index (Phi) is 5.49. The van der Waals surface area contributed by atoms with Gasteiger partial charge < -0.3 is 10.6 Å². The van der Waals surface area contributed by atoms with Crippen LogP contribution in [0.25, 0.3) is 0 Å². The molecule has 0 aromatic heterocycles. The van der Waals surface area contributed by atoms with Crippen LogP contribution < -0.4 is 5.73 Å². The number of fused-ring (bicyclic) bond motifs is 1. The minimum Gasteiger partial charge on any atom is -0.342 e. The van der Waals surface area contributed by atoms with E-state index in [1.165, 1.54) is 25.7 Å². The number of hydrogen-bond acceptors (Lipinski definition) is 2. The molecule has 0 aromatic rings. The quantitative estimate of drug-likeness (QED) is 0.843. The zero-order valence-electron chi connectivity index (χ0n) is 14.4. The Bertz CT molecular complexity index is 412. The molecular formula is C18H33ClN2O. The highest BCUT2D eigenvalue weighted by molar-refractivity contribution is 5.85. The molecule has 1 saturated heterocycles. The van der Waals surface area contributed by atoms with Gasteiger partial charge in [0.15, 0.2) is 0 Å². The van der Waals surface area contributed by atoms with Crippen molar-refractivity contribution in [2.45, 2.75) is 65.3 Å². The van der Waals surface area contributed by atoms with Crippen molar-refractivity contribution < 1.29 is 4.79 Å². The molecule has 5 unspecified atom stereocenters. The number of likely N-dealkylation sites (tertiary alicyclic amines) is 1. The molecule has 128 valence electrons. The van der Waals surface area contributed by atoms with Crippen LogP contribution >= 0.6 is 12.4 Å². The van der Waals surface area contributed by atoms with Crippen LogP contribution in [0.4, 0.5) is 0 Å². The Balaban J connectivity index is 0.00000176. The van der Waals surface area contributed by atoms with E-state index in [4.69, 9.17) is 5.73 Å². The Morgan fingerprint density at radius 2 is 1.95 bits per heavy atom. The van der Waals surface area contributed by atoms with E-state index in [1.54, 1.807) is 0 Å². The number of hydrogen-bond donors (Lipinski definition) is 1. The molecule has 2 N–H and O–H groups in total. The lowest BCUT2D eigenvalue weighted by Gasteiger charge is -2.39. The van der Waals surface area contributed by atoms with Gasteiger partial charge in [-0.15, -0.1) is 12.4 Å². The lowest BCUT2D eigenvalue weighted by Crippen LogP contribution is -2.36. The van der Waals surface area contributed by atoms with Gasteiger partial charge in [0, 0.05) is 25.6 Å². The van der Waals surface area contributed by atoms with Gasteiger partial charge in [-0.25, -0.2) is 0 Å². The average molecular weight is 329 g/mol. The zero-order chi connectivity index (χ0) is 15.2. The lowest BCUT2D eigenvalue weighted by molar-refractivity contribution is -0.132. The van der Waals surface area contributed by atoms with E-state index in [9.17, 15) is 4.79 Å². The molecule has 2 aliphatic carbocycles. The molecule has 4 heteroatoms. The van der Waals surface area contributed by atoms with Gasteiger partial charge in [0.05, 0.1) is 0 Å². The van der Waals surface area contributed by atoms with Gasteiger partial charge in [-0.05, 0) is 61.2 Å². The maximum atomic E-state index is 12.7. The van der Waals surface area contributed by atoms with Gasteiger partial charge in [0.2, 0.25) is 5.91 Å². The van der Waals surface area contributed by atoms with Crippen molar-refractivity contribution in [2.75, 3.05) is 13.1 Å². The predicted molar refractivity (Wildman–Crippen MR) is 92.9 cm³/mol. The second-order valence-corrected chi connectivity index (χ2v) is 8.95. The van der Waals surface area contributed by atoms with Gasteiger partial charge in [-0.2, -0.15) is 0 Å². The molecule has 0 spiro atoms. The third kappa shape index (κ3) is 3.79. The van der Waals surface area contributed by atoms with Crippen LogP contribution in [0.3, 0.4) is 0 Å². The van der Waals surface area contributed by atoms with Crippen molar-refractivity contribution in [2.24, 2.45) is 34.8 Å². The molecule has 1 amide bonds. The molecule has 5 atom stereocenters. The van der Waals surface area contributed by atoms with E-state index in [0.717, 1.165) is 31.8 Å². The summed E-state index contributed by atoms with van der Waals surface area (Å²) in [6, 6.07) is 0.335. The number of carbonyl (C=O) groups is 1. The fourth-order valence-corrected chi connectivity index (χ4v) is 5.59. The molecule has 1 aliphatic heterocycles. The smallest absolute Gasteiger partial charge is 0.222 e. The molecule has 3 aliphatic rings. The Labute approximate surface area is 141 Å². The maximum Gasteiger partial charge on any atom is 0.222 e. The highest BCUT2D eigenvalue weighted by Crippen LogP contribution is 2.43. The molecule has 3 nitrogen and oxygen atoms in total.